The van der Waals surface area contributed by atoms with Gasteiger partial charge in [-0.25, -0.2) is 13.6 Å². The number of carbonyl (C=O) groups excluding carboxylic acids is 1. The zero-order chi connectivity index (χ0) is 17.4. The lowest BCUT2D eigenvalue weighted by molar-refractivity contribution is 0.174. The van der Waals surface area contributed by atoms with E-state index in [1.54, 1.807) is 16.7 Å². The van der Waals surface area contributed by atoms with Crippen LogP contribution in [0, 0.1) is 11.6 Å². The molecule has 4 rings (SSSR count). The van der Waals surface area contributed by atoms with Gasteiger partial charge in [-0.3, -0.25) is 0 Å². The Bertz CT molecular complexity index is 834. The molecule has 130 valence electrons. The standard InChI is InChI=1S/C17H14F2N2O3S/c18-11-2-3-13(12(19)8-11)20-17(22)21-5-6-25-16(21)10-1-4-14-15(7-10)24-9-23-14/h1-4,7-8,16H,5-6,9H2,(H,20,22). The molecule has 1 saturated heterocycles. The summed E-state index contributed by atoms with van der Waals surface area (Å²) in [5, 5.41) is 2.30. The van der Waals surface area contributed by atoms with Gasteiger partial charge in [0.15, 0.2) is 11.5 Å². The molecular weight excluding hydrogens is 350 g/mol. The van der Waals surface area contributed by atoms with Crippen molar-refractivity contribution in [3.8, 4) is 11.5 Å². The highest BCUT2D eigenvalue weighted by atomic mass is 32.2. The molecule has 0 radical (unpaired) electrons. The molecule has 0 saturated carbocycles. The summed E-state index contributed by atoms with van der Waals surface area (Å²) in [6.07, 6.45) is 0. The first-order valence-electron chi connectivity index (χ1n) is 7.65. The highest BCUT2D eigenvalue weighted by Crippen LogP contribution is 2.42. The lowest BCUT2D eigenvalue weighted by atomic mass is 10.2. The van der Waals surface area contributed by atoms with Gasteiger partial charge in [-0.1, -0.05) is 6.07 Å². The van der Waals surface area contributed by atoms with Crippen molar-refractivity contribution in [2.75, 3.05) is 24.4 Å². The SMILES string of the molecule is O=C(Nc1ccc(F)cc1F)N1CCSC1c1ccc2c(c1)OCO2. The van der Waals surface area contributed by atoms with Gasteiger partial charge in [-0.15, -0.1) is 11.8 Å². The molecule has 2 aromatic carbocycles. The fraction of sp³-hybridized carbons (Fsp3) is 0.235. The maximum Gasteiger partial charge on any atom is 0.323 e. The number of nitrogens with one attached hydrogen (secondary N) is 1. The van der Waals surface area contributed by atoms with Crippen LogP contribution < -0.4 is 14.8 Å². The van der Waals surface area contributed by atoms with Gasteiger partial charge in [0.05, 0.1) is 5.69 Å². The second-order valence-electron chi connectivity index (χ2n) is 5.58. The fourth-order valence-electron chi connectivity index (χ4n) is 2.80. The van der Waals surface area contributed by atoms with Crippen molar-refractivity contribution >= 4 is 23.5 Å². The molecule has 8 heteroatoms. The normalized spacial score (nSPS) is 18.5. The highest BCUT2D eigenvalue weighted by Gasteiger charge is 2.32. The van der Waals surface area contributed by atoms with Gasteiger partial charge in [0, 0.05) is 18.4 Å². The first-order valence-corrected chi connectivity index (χ1v) is 8.70. The van der Waals surface area contributed by atoms with E-state index in [0.29, 0.717) is 18.0 Å². The largest absolute Gasteiger partial charge is 0.454 e. The number of anilines is 1. The minimum absolute atomic E-state index is 0.0484. The average molecular weight is 364 g/mol. The number of ether oxygens (including phenoxy) is 2. The molecule has 2 amide bonds. The van der Waals surface area contributed by atoms with Gasteiger partial charge >= 0.3 is 6.03 Å². The van der Waals surface area contributed by atoms with Crippen LogP contribution in [0.3, 0.4) is 0 Å². The van der Waals surface area contributed by atoms with Crippen LogP contribution in [0.5, 0.6) is 11.5 Å². The lowest BCUT2D eigenvalue weighted by Gasteiger charge is -2.24. The van der Waals surface area contributed by atoms with Crippen molar-refractivity contribution in [2.45, 2.75) is 5.37 Å². The Hall–Kier alpha value is -2.48. The van der Waals surface area contributed by atoms with Crippen molar-refractivity contribution in [3.05, 3.63) is 53.6 Å². The number of amides is 2. The molecule has 1 fully saturated rings. The van der Waals surface area contributed by atoms with E-state index in [1.807, 2.05) is 18.2 Å². The first-order chi connectivity index (χ1) is 12.1. The molecule has 25 heavy (non-hydrogen) atoms. The van der Waals surface area contributed by atoms with Crippen LogP contribution in [-0.2, 0) is 0 Å². The summed E-state index contributed by atoms with van der Waals surface area (Å²) in [6.45, 7) is 0.711. The van der Waals surface area contributed by atoms with E-state index < -0.39 is 17.7 Å². The number of benzene rings is 2. The van der Waals surface area contributed by atoms with E-state index in [1.165, 1.54) is 6.07 Å². The number of urea groups is 1. The van der Waals surface area contributed by atoms with Crippen molar-refractivity contribution in [1.29, 1.82) is 0 Å². The first kappa shape index (κ1) is 16.0. The van der Waals surface area contributed by atoms with E-state index in [0.717, 1.165) is 23.4 Å². The third kappa shape index (κ3) is 3.09. The van der Waals surface area contributed by atoms with Crippen molar-refractivity contribution in [2.24, 2.45) is 0 Å². The molecule has 1 N–H and O–H groups in total. The zero-order valence-electron chi connectivity index (χ0n) is 13.0. The minimum Gasteiger partial charge on any atom is -0.454 e. The Labute approximate surface area is 146 Å². The molecule has 0 aromatic heterocycles. The van der Waals surface area contributed by atoms with Gasteiger partial charge in [-0.2, -0.15) is 0 Å². The number of nitrogens with zero attached hydrogens (tertiary/aromatic N) is 1. The number of halogens is 2. The molecule has 2 aromatic rings. The molecule has 2 heterocycles. The van der Waals surface area contributed by atoms with Gasteiger partial charge in [-0.05, 0) is 29.8 Å². The number of carbonyl (C=O) groups is 1. The van der Waals surface area contributed by atoms with E-state index in [9.17, 15) is 13.6 Å². The maximum atomic E-state index is 13.8. The smallest absolute Gasteiger partial charge is 0.323 e. The Kier molecular flexibility index (Phi) is 4.12. The third-order valence-electron chi connectivity index (χ3n) is 4.01. The Balaban J connectivity index is 1.53. The Morgan fingerprint density at radius 3 is 2.84 bits per heavy atom. The summed E-state index contributed by atoms with van der Waals surface area (Å²) in [5.74, 6) is 0.592. The van der Waals surface area contributed by atoms with Crippen LogP contribution in [-0.4, -0.2) is 30.0 Å². The number of hydrogen-bond donors (Lipinski definition) is 1. The quantitative estimate of drug-likeness (QED) is 0.876. The average Bonchev–Trinajstić information content (AvgIpc) is 3.25. The Morgan fingerprint density at radius 1 is 1.16 bits per heavy atom. The molecule has 0 spiro atoms. The van der Waals surface area contributed by atoms with E-state index in [4.69, 9.17) is 9.47 Å². The highest BCUT2D eigenvalue weighted by molar-refractivity contribution is 7.99. The summed E-state index contributed by atoms with van der Waals surface area (Å²) in [4.78, 5) is 14.2. The van der Waals surface area contributed by atoms with Crippen LogP contribution in [0.1, 0.15) is 10.9 Å². The molecule has 0 aliphatic carbocycles. The fourth-order valence-corrected chi connectivity index (χ4v) is 4.04. The monoisotopic (exact) mass is 364 g/mol. The zero-order valence-corrected chi connectivity index (χ0v) is 13.8. The lowest BCUT2D eigenvalue weighted by Crippen LogP contribution is -2.34. The molecule has 0 bridgehead atoms. The molecule has 5 nitrogen and oxygen atoms in total. The maximum absolute atomic E-state index is 13.8. The summed E-state index contributed by atoms with van der Waals surface area (Å²) in [6, 6.07) is 8.17. The second kappa shape index (κ2) is 6.44. The van der Waals surface area contributed by atoms with E-state index in [-0.39, 0.29) is 17.9 Å². The van der Waals surface area contributed by atoms with Crippen molar-refractivity contribution in [3.63, 3.8) is 0 Å². The van der Waals surface area contributed by atoms with Gasteiger partial charge in [0.2, 0.25) is 6.79 Å². The number of rotatable bonds is 2. The predicted octanol–water partition coefficient (Wildman–Crippen LogP) is 3.97. The van der Waals surface area contributed by atoms with E-state index in [2.05, 4.69) is 5.32 Å². The minimum atomic E-state index is -0.806. The van der Waals surface area contributed by atoms with Crippen molar-refractivity contribution in [1.82, 2.24) is 4.90 Å². The van der Waals surface area contributed by atoms with Crippen LogP contribution in [0.4, 0.5) is 19.3 Å². The summed E-state index contributed by atoms with van der Waals surface area (Å²) in [7, 11) is 0. The summed E-state index contributed by atoms with van der Waals surface area (Å²) < 4.78 is 37.4. The van der Waals surface area contributed by atoms with Crippen LogP contribution >= 0.6 is 11.8 Å². The van der Waals surface area contributed by atoms with Gasteiger partial charge < -0.3 is 19.7 Å². The molecule has 1 unspecified atom stereocenters. The van der Waals surface area contributed by atoms with Crippen LogP contribution in [0.2, 0.25) is 0 Å². The Morgan fingerprint density at radius 2 is 2.00 bits per heavy atom. The predicted molar refractivity (Wildman–Crippen MR) is 89.8 cm³/mol. The topological polar surface area (TPSA) is 50.8 Å². The van der Waals surface area contributed by atoms with Crippen LogP contribution in [0.25, 0.3) is 0 Å². The second-order valence-corrected chi connectivity index (χ2v) is 6.77. The molecular formula is C17H14F2N2O3S. The number of fused-ring (bicyclic) bond motifs is 1. The molecule has 2 aliphatic rings. The third-order valence-corrected chi connectivity index (χ3v) is 5.27. The molecule has 1 atom stereocenters. The number of thioether (sulfide) groups is 1. The summed E-state index contributed by atoms with van der Waals surface area (Å²) >= 11 is 1.61. The number of hydrogen-bond acceptors (Lipinski definition) is 4. The van der Waals surface area contributed by atoms with E-state index >= 15 is 0 Å². The van der Waals surface area contributed by atoms with Gasteiger partial charge in [0.1, 0.15) is 17.0 Å². The van der Waals surface area contributed by atoms with Crippen molar-refractivity contribution < 1.29 is 23.0 Å². The molecule has 2 aliphatic heterocycles. The summed E-state index contributed by atoms with van der Waals surface area (Å²) in [5.41, 5.74) is 0.856. The van der Waals surface area contributed by atoms with Crippen LogP contribution in [0.15, 0.2) is 36.4 Å². The van der Waals surface area contributed by atoms with Gasteiger partial charge in [0.25, 0.3) is 0 Å².